The van der Waals surface area contributed by atoms with E-state index in [2.05, 4.69) is 31.3 Å². The fourth-order valence-electron chi connectivity index (χ4n) is 2.76. The number of amides is 1. The Labute approximate surface area is 142 Å². The van der Waals surface area contributed by atoms with Gasteiger partial charge in [0.1, 0.15) is 0 Å². The second kappa shape index (κ2) is 6.12. The van der Waals surface area contributed by atoms with Crippen LogP contribution in [0.25, 0.3) is 10.9 Å². The second-order valence-corrected chi connectivity index (χ2v) is 6.16. The number of carbonyl (C=O) groups is 1. The Kier molecular flexibility index (Phi) is 4.17. The van der Waals surface area contributed by atoms with Crippen LogP contribution in [0.5, 0.6) is 0 Å². The molecule has 1 N–H and O–H groups in total. The lowest BCUT2D eigenvalue weighted by Gasteiger charge is -2.09. The van der Waals surface area contributed by atoms with E-state index < -0.39 is 0 Å². The van der Waals surface area contributed by atoms with Gasteiger partial charge < -0.3 is 5.32 Å². The summed E-state index contributed by atoms with van der Waals surface area (Å²) in [6.45, 7) is 6.51. The number of nitrogens with zero attached hydrogens (tertiary/aromatic N) is 3. The van der Waals surface area contributed by atoms with Crippen LogP contribution in [-0.2, 0) is 6.54 Å². The van der Waals surface area contributed by atoms with Gasteiger partial charge in [0.2, 0.25) is 0 Å². The van der Waals surface area contributed by atoms with E-state index in [1.165, 1.54) is 0 Å². The van der Waals surface area contributed by atoms with Gasteiger partial charge in [-0.2, -0.15) is 5.10 Å². The Morgan fingerprint density at radius 1 is 1.30 bits per heavy atom. The number of hydrogen-bond donors (Lipinski definition) is 1. The van der Waals surface area contributed by atoms with Gasteiger partial charge in [-0.05, 0) is 39.0 Å². The number of aromatic nitrogens is 3. The number of carbonyl (C=O) groups excluding carboxylic acids is 1. The normalized spacial score (nSPS) is 11.0. The van der Waals surface area contributed by atoms with Gasteiger partial charge in [0.25, 0.3) is 5.91 Å². The van der Waals surface area contributed by atoms with Crippen molar-refractivity contribution < 1.29 is 4.79 Å². The van der Waals surface area contributed by atoms with Gasteiger partial charge in [-0.3, -0.25) is 14.5 Å². The molecule has 0 saturated carbocycles. The maximum Gasteiger partial charge on any atom is 0.259 e. The molecule has 1 amide bonds. The highest BCUT2D eigenvalue weighted by molar-refractivity contribution is 9.10. The maximum atomic E-state index is 12.7. The molecular formula is C17H17BrN4O. The van der Waals surface area contributed by atoms with E-state index in [1.54, 1.807) is 6.20 Å². The molecule has 1 aromatic carbocycles. The number of anilines is 1. The van der Waals surface area contributed by atoms with Gasteiger partial charge in [0.15, 0.2) is 0 Å². The molecule has 0 aliphatic heterocycles. The monoisotopic (exact) mass is 372 g/mol. The summed E-state index contributed by atoms with van der Waals surface area (Å²) in [7, 11) is 0. The van der Waals surface area contributed by atoms with Crippen molar-refractivity contribution in [1.29, 1.82) is 0 Å². The van der Waals surface area contributed by atoms with Gasteiger partial charge in [-0.25, -0.2) is 0 Å². The molecule has 23 heavy (non-hydrogen) atoms. The molecule has 6 heteroatoms. The first kappa shape index (κ1) is 15.7. The van der Waals surface area contributed by atoms with E-state index in [-0.39, 0.29) is 5.91 Å². The van der Waals surface area contributed by atoms with E-state index in [0.717, 1.165) is 33.3 Å². The molecule has 0 aliphatic rings. The van der Waals surface area contributed by atoms with Gasteiger partial charge >= 0.3 is 0 Å². The number of fused-ring (bicyclic) bond motifs is 1. The van der Waals surface area contributed by atoms with E-state index in [9.17, 15) is 4.79 Å². The largest absolute Gasteiger partial charge is 0.320 e. The SMILES string of the molecule is CCn1nc(C)c(C(=O)Nc2ccc(Br)c3cccnc23)c1C. The minimum absolute atomic E-state index is 0.158. The van der Waals surface area contributed by atoms with E-state index in [4.69, 9.17) is 0 Å². The molecule has 118 valence electrons. The number of rotatable bonds is 3. The highest BCUT2D eigenvalue weighted by atomic mass is 79.9. The molecule has 0 spiro atoms. The highest BCUT2D eigenvalue weighted by Crippen LogP contribution is 2.29. The third-order valence-corrected chi connectivity index (χ3v) is 4.56. The van der Waals surface area contributed by atoms with Gasteiger partial charge in [0.05, 0.1) is 22.5 Å². The molecule has 3 rings (SSSR count). The summed E-state index contributed by atoms with van der Waals surface area (Å²) >= 11 is 3.51. The summed E-state index contributed by atoms with van der Waals surface area (Å²) in [5.41, 5.74) is 3.68. The summed E-state index contributed by atoms with van der Waals surface area (Å²) in [4.78, 5) is 17.1. The van der Waals surface area contributed by atoms with Crippen LogP contribution in [0, 0.1) is 13.8 Å². The summed E-state index contributed by atoms with van der Waals surface area (Å²) in [6, 6.07) is 7.60. The average molecular weight is 373 g/mol. The van der Waals surface area contributed by atoms with Crippen LogP contribution < -0.4 is 5.32 Å². The smallest absolute Gasteiger partial charge is 0.259 e. The Morgan fingerprint density at radius 3 is 2.78 bits per heavy atom. The van der Waals surface area contributed by atoms with Crippen molar-refractivity contribution in [2.45, 2.75) is 27.3 Å². The summed E-state index contributed by atoms with van der Waals surface area (Å²) in [6.07, 6.45) is 1.72. The van der Waals surface area contributed by atoms with Crippen molar-refractivity contribution in [3.05, 3.63) is 51.9 Å². The molecule has 3 aromatic rings. The van der Waals surface area contributed by atoms with Crippen molar-refractivity contribution in [3.8, 4) is 0 Å². The Morgan fingerprint density at radius 2 is 2.09 bits per heavy atom. The molecule has 2 heterocycles. The molecular weight excluding hydrogens is 356 g/mol. The van der Waals surface area contributed by atoms with Crippen LogP contribution in [0.1, 0.15) is 28.7 Å². The lowest BCUT2D eigenvalue weighted by Crippen LogP contribution is -2.14. The highest BCUT2D eigenvalue weighted by Gasteiger charge is 2.19. The molecule has 0 radical (unpaired) electrons. The van der Waals surface area contributed by atoms with E-state index >= 15 is 0 Å². The molecule has 0 saturated heterocycles. The maximum absolute atomic E-state index is 12.7. The second-order valence-electron chi connectivity index (χ2n) is 5.31. The van der Waals surface area contributed by atoms with Gasteiger partial charge in [0, 0.05) is 28.3 Å². The van der Waals surface area contributed by atoms with Crippen molar-refractivity contribution >= 4 is 38.4 Å². The number of halogens is 1. The van der Waals surface area contributed by atoms with Crippen LogP contribution in [0.2, 0.25) is 0 Å². The zero-order valence-electron chi connectivity index (χ0n) is 13.2. The summed E-state index contributed by atoms with van der Waals surface area (Å²) < 4.78 is 2.78. The quantitative estimate of drug-likeness (QED) is 0.753. The van der Waals surface area contributed by atoms with Crippen LogP contribution in [0.3, 0.4) is 0 Å². The number of pyridine rings is 1. The van der Waals surface area contributed by atoms with Crippen LogP contribution in [-0.4, -0.2) is 20.7 Å². The lowest BCUT2D eigenvalue weighted by molar-refractivity contribution is 0.102. The molecule has 5 nitrogen and oxygen atoms in total. The first-order valence-electron chi connectivity index (χ1n) is 7.41. The summed E-state index contributed by atoms with van der Waals surface area (Å²) in [5, 5.41) is 8.33. The first-order chi connectivity index (χ1) is 11.0. The lowest BCUT2D eigenvalue weighted by atomic mass is 10.1. The minimum Gasteiger partial charge on any atom is -0.320 e. The molecule has 0 fully saturated rings. The number of benzene rings is 1. The number of nitrogens with one attached hydrogen (secondary N) is 1. The Balaban J connectivity index is 2.02. The Hall–Kier alpha value is -2.21. The van der Waals surface area contributed by atoms with Crippen LogP contribution in [0.15, 0.2) is 34.9 Å². The average Bonchev–Trinajstić information content (AvgIpc) is 2.84. The molecule has 0 aliphatic carbocycles. The van der Waals surface area contributed by atoms with Crippen LogP contribution in [0.4, 0.5) is 5.69 Å². The van der Waals surface area contributed by atoms with E-state index in [0.29, 0.717) is 11.3 Å². The zero-order chi connectivity index (χ0) is 16.6. The number of aryl methyl sites for hydroxylation is 2. The Bertz CT molecular complexity index is 901. The van der Waals surface area contributed by atoms with Crippen molar-refractivity contribution in [1.82, 2.24) is 14.8 Å². The van der Waals surface area contributed by atoms with E-state index in [1.807, 2.05) is 49.7 Å². The van der Waals surface area contributed by atoms with Gasteiger partial charge in [-0.1, -0.05) is 22.0 Å². The first-order valence-corrected chi connectivity index (χ1v) is 8.20. The third kappa shape index (κ3) is 2.74. The predicted octanol–water partition coefficient (Wildman–Crippen LogP) is 4.08. The molecule has 0 bridgehead atoms. The topological polar surface area (TPSA) is 59.8 Å². The standard InChI is InChI=1S/C17H17BrN4O/c1-4-22-11(3)15(10(2)21-22)17(23)20-14-8-7-13(18)12-6-5-9-19-16(12)14/h5-9H,4H2,1-3H3,(H,20,23). The zero-order valence-corrected chi connectivity index (χ0v) is 14.8. The van der Waals surface area contributed by atoms with Crippen LogP contribution >= 0.6 is 15.9 Å². The van der Waals surface area contributed by atoms with Crippen molar-refractivity contribution in [2.24, 2.45) is 0 Å². The molecule has 0 unspecified atom stereocenters. The molecule has 2 aromatic heterocycles. The van der Waals surface area contributed by atoms with Crippen molar-refractivity contribution in [3.63, 3.8) is 0 Å². The minimum atomic E-state index is -0.158. The third-order valence-electron chi connectivity index (χ3n) is 3.87. The number of hydrogen-bond acceptors (Lipinski definition) is 3. The molecule has 0 atom stereocenters. The fraction of sp³-hybridized carbons (Fsp3) is 0.235. The fourth-order valence-corrected chi connectivity index (χ4v) is 3.21. The predicted molar refractivity (Wildman–Crippen MR) is 94.8 cm³/mol. The van der Waals surface area contributed by atoms with Gasteiger partial charge in [-0.15, -0.1) is 0 Å². The summed E-state index contributed by atoms with van der Waals surface area (Å²) in [5.74, 6) is -0.158. The van der Waals surface area contributed by atoms with Crippen molar-refractivity contribution in [2.75, 3.05) is 5.32 Å².